The summed E-state index contributed by atoms with van der Waals surface area (Å²) in [7, 11) is -3.48. The van der Waals surface area contributed by atoms with Gasteiger partial charge in [-0.1, -0.05) is 20.3 Å². The monoisotopic (exact) mass is 311 g/mol. The van der Waals surface area contributed by atoms with Gasteiger partial charge in [0.25, 0.3) is 0 Å². The Hall–Kier alpha value is -1.14. The molecule has 21 heavy (non-hydrogen) atoms. The number of rotatable bonds is 8. The molecule has 1 heterocycles. The molecule has 0 amide bonds. The molecule has 1 saturated carbocycles. The number of aromatic nitrogens is 1. The summed E-state index contributed by atoms with van der Waals surface area (Å²) < 4.78 is 27.3. The van der Waals surface area contributed by atoms with Crippen LogP contribution in [0, 0.1) is 5.92 Å². The first-order valence-electron chi connectivity index (χ1n) is 7.78. The highest BCUT2D eigenvalue weighted by molar-refractivity contribution is 7.89. The fourth-order valence-corrected chi connectivity index (χ4v) is 4.12. The summed E-state index contributed by atoms with van der Waals surface area (Å²) in [5, 5.41) is 3.11. The van der Waals surface area contributed by atoms with Crippen molar-refractivity contribution in [2.75, 3.05) is 25.0 Å². The SMILES string of the molecule is CCCNc1ncccc1S(=O)(=O)N(CC)CC1CCC1. The zero-order chi connectivity index (χ0) is 15.3. The molecule has 0 radical (unpaired) electrons. The van der Waals surface area contributed by atoms with E-state index in [-0.39, 0.29) is 0 Å². The van der Waals surface area contributed by atoms with Gasteiger partial charge in [-0.2, -0.15) is 4.31 Å². The van der Waals surface area contributed by atoms with Crippen molar-refractivity contribution in [1.82, 2.24) is 9.29 Å². The van der Waals surface area contributed by atoms with Gasteiger partial charge in [-0.05, 0) is 37.3 Å². The lowest BCUT2D eigenvalue weighted by molar-refractivity contribution is 0.250. The highest BCUT2D eigenvalue weighted by atomic mass is 32.2. The number of nitrogens with one attached hydrogen (secondary N) is 1. The first kappa shape index (κ1) is 16.2. The predicted octanol–water partition coefficient (Wildman–Crippen LogP) is 2.71. The van der Waals surface area contributed by atoms with Crippen molar-refractivity contribution >= 4 is 15.8 Å². The highest BCUT2D eigenvalue weighted by Crippen LogP contribution is 2.30. The third kappa shape index (κ3) is 3.74. The number of hydrogen-bond acceptors (Lipinski definition) is 4. The molecule has 1 aromatic rings. The molecule has 2 rings (SSSR count). The molecule has 1 N–H and O–H groups in total. The van der Waals surface area contributed by atoms with Gasteiger partial charge in [-0.15, -0.1) is 0 Å². The maximum Gasteiger partial charge on any atom is 0.246 e. The van der Waals surface area contributed by atoms with Crippen LogP contribution in [0.4, 0.5) is 5.82 Å². The van der Waals surface area contributed by atoms with Crippen LogP contribution in [-0.2, 0) is 10.0 Å². The summed E-state index contributed by atoms with van der Waals surface area (Å²) in [5.74, 6) is 0.981. The van der Waals surface area contributed by atoms with Gasteiger partial charge in [0.1, 0.15) is 10.7 Å². The van der Waals surface area contributed by atoms with E-state index in [1.807, 2.05) is 13.8 Å². The molecule has 0 unspecified atom stereocenters. The van der Waals surface area contributed by atoms with E-state index >= 15 is 0 Å². The molecular weight excluding hydrogens is 286 g/mol. The van der Waals surface area contributed by atoms with Gasteiger partial charge >= 0.3 is 0 Å². The van der Waals surface area contributed by atoms with Crippen molar-refractivity contribution in [2.45, 2.75) is 44.4 Å². The lowest BCUT2D eigenvalue weighted by Crippen LogP contribution is -2.37. The Bertz CT molecular complexity index is 556. The molecule has 1 aliphatic carbocycles. The van der Waals surface area contributed by atoms with E-state index in [1.165, 1.54) is 6.42 Å². The van der Waals surface area contributed by atoms with Gasteiger partial charge in [0.15, 0.2) is 0 Å². The van der Waals surface area contributed by atoms with Crippen molar-refractivity contribution < 1.29 is 8.42 Å². The van der Waals surface area contributed by atoms with Crippen LogP contribution in [0.15, 0.2) is 23.2 Å². The first-order valence-corrected chi connectivity index (χ1v) is 9.22. The van der Waals surface area contributed by atoms with Gasteiger partial charge in [0, 0.05) is 25.8 Å². The Morgan fingerprint density at radius 3 is 2.71 bits per heavy atom. The molecule has 0 atom stereocenters. The molecule has 0 aliphatic heterocycles. The molecule has 0 bridgehead atoms. The fourth-order valence-electron chi connectivity index (χ4n) is 2.47. The summed E-state index contributed by atoms with van der Waals surface area (Å²) in [6.07, 6.45) is 6.05. The zero-order valence-corrected chi connectivity index (χ0v) is 13.7. The lowest BCUT2D eigenvalue weighted by atomic mass is 9.85. The van der Waals surface area contributed by atoms with Gasteiger partial charge < -0.3 is 5.32 Å². The Balaban J connectivity index is 2.24. The average molecular weight is 311 g/mol. The van der Waals surface area contributed by atoms with Crippen LogP contribution < -0.4 is 5.32 Å². The van der Waals surface area contributed by atoms with Crippen LogP contribution in [0.25, 0.3) is 0 Å². The summed E-state index contributed by atoms with van der Waals surface area (Å²) >= 11 is 0. The first-order chi connectivity index (χ1) is 10.1. The molecule has 0 saturated heterocycles. The summed E-state index contributed by atoms with van der Waals surface area (Å²) in [5.41, 5.74) is 0. The molecular formula is C15H25N3O2S. The van der Waals surface area contributed by atoms with E-state index in [9.17, 15) is 8.42 Å². The van der Waals surface area contributed by atoms with Gasteiger partial charge in [-0.25, -0.2) is 13.4 Å². The second-order valence-corrected chi connectivity index (χ2v) is 7.44. The van der Waals surface area contributed by atoms with Crippen LogP contribution in [0.2, 0.25) is 0 Å². The van der Waals surface area contributed by atoms with Crippen LogP contribution in [0.3, 0.4) is 0 Å². The summed E-state index contributed by atoms with van der Waals surface area (Å²) in [4.78, 5) is 4.49. The standard InChI is InChI=1S/C15H25N3O2S/c1-3-10-16-15-14(9-6-11-17-15)21(19,20)18(4-2)12-13-7-5-8-13/h6,9,11,13H,3-5,7-8,10,12H2,1-2H3,(H,16,17). The van der Waals surface area contributed by atoms with Crippen molar-refractivity contribution in [3.63, 3.8) is 0 Å². The smallest absolute Gasteiger partial charge is 0.246 e. The van der Waals surface area contributed by atoms with E-state index < -0.39 is 10.0 Å². The number of hydrogen-bond donors (Lipinski definition) is 1. The van der Waals surface area contributed by atoms with Gasteiger partial charge in [-0.3, -0.25) is 0 Å². The average Bonchev–Trinajstić information content (AvgIpc) is 2.44. The third-order valence-electron chi connectivity index (χ3n) is 3.97. The molecule has 1 aromatic heterocycles. The second-order valence-electron chi connectivity index (χ2n) is 5.53. The normalized spacial score (nSPS) is 16.0. The molecule has 118 valence electrons. The molecule has 5 nitrogen and oxygen atoms in total. The number of pyridine rings is 1. The molecule has 0 aromatic carbocycles. The number of anilines is 1. The minimum Gasteiger partial charge on any atom is -0.369 e. The highest BCUT2D eigenvalue weighted by Gasteiger charge is 2.30. The van der Waals surface area contributed by atoms with Gasteiger partial charge in [0.2, 0.25) is 10.0 Å². The summed E-state index contributed by atoms with van der Waals surface area (Å²) in [6, 6.07) is 3.32. The molecule has 6 heteroatoms. The van der Waals surface area contributed by atoms with Crippen LogP contribution in [-0.4, -0.2) is 37.3 Å². The fraction of sp³-hybridized carbons (Fsp3) is 0.667. The maximum absolute atomic E-state index is 12.9. The van der Waals surface area contributed by atoms with E-state index in [1.54, 1.807) is 22.6 Å². The second kappa shape index (κ2) is 7.22. The van der Waals surface area contributed by atoms with E-state index in [2.05, 4.69) is 10.3 Å². The topological polar surface area (TPSA) is 62.3 Å². The van der Waals surface area contributed by atoms with E-state index in [4.69, 9.17) is 0 Å². The summed E-state index contributed by atoms with van der Waals surface area (Å²) in [6.45, 7) is 5.78. The van der Waals surface area contributed by atoms with Crippen LogP contribution in [0.1, 0.15) is 39.5 Å². The van der Waals surface area contributed by atoms with Crippen molar-refractivity contribution in [3.8, 4) is 0 Å². The van der Waals surface area contributed by atoms with Crippen molar-refractivity contribution in [3.05, 3.63) is 18.3 Å². The van der Waals surface area contributed by atoms with Crippen molar-refractivity contribution in [1.29, 1.82) is 0 Å². The number of sulfonamides is 1. The lowest BCUT2D eigenvalue weighted by Gasteiger charge is -2.31. The maximum atomic E-state index is 12.9. The molecule has 1 fully saturated rings. The minimum atomic E-state index is -3.48. The zero-order valence-electron chi connectivity index (χ0n) is 12.9. The molecule has 0 spiro atoms. The minimum absolute atomic E-state index is 0.291. The predicted molar refractivity (Wildman–Crippen MR) is 84.8 cm³/mol. The van der Waals surface area contributed by atoms with E-state index in [0.717, 1.165) is 19.3 Å². The van der Waals surface area contributed by atoms with Crippen molar-refractivity contribution in [2.24, 2.45) is 5.92 Å². The Labute approximate surface area is 127 Å². The van der Waals surface area contributed by atoms with Crippen LogP contribution in [0.5, 0.6) is 0 Å². The van der Waals surface area contributed by atoms with Crippen LogP contribution >= 0.6 is 0 Å². The molecule has 1 aliphatic rings. The van der Waals surface area contributed by atoms with E-state index in [0.29, 0.717) is 36.3 Å². The Kier molecular flexibility index (Phi) is 5.58. The quantitative estimate of drug-likeness (QED) is 0.802. The third-order valence-corrected chi connectivity index (χ3v) is 5.94. The Morgan fingerprint density at radius 1 is 1.38 bits per heavy atom. The largest absolute Gasteiger partial charge is 0.369 e. The van der Waals surface area contributed by atoms with Gasteiger partial charge in [0.05, 0.1) is 0 Å². The Morgan fingerprint density at radius 2 is 2.14 bits per heavy atom. The number of nitrogens with zero attached hydrogens (tertiary/aromatic N) is 2.